The second kappa shape index (κ2) is 6.33. The number of nitrogens with zero attached hydrogens (tertiary/aromatic N) is 3. The second-order valence-corrected chi connectivity index (χ2v) is 5.76. The third kappa shape index (κ3) is 4.16. The molecule has 1 aromatic rings. The van der Waals surface area contributed by atoms with E-state index in [0.29, 0.717) is 0 Å². The topological polar surface area (TPSA) is 32.6 Å². The summed E-state index contributed by atoms with van der Waals surface area (Å²) >= 11 is 6.00. The average molecular weight is 283 g/mol. The summed E-state index contributed by atoms with van der Waals surface area (Å²) in [5, 5.41) is 4.20. The zero-order chi connectivity index (χ0) is 13.8. The molecule has 2 rings (SSSR count). The zero-order valence-corrected chi connectivity index (χ0v) is 12.7. The first-order chi connectivity index (χ1) is 9.10. The zero-order valence-electron chi connectivity index (χ0n) is 12.0. The fourth-order valence-electron chi connectivity index (χ4n) is 2.22. The molecule has 0 unspecified atom stereocenters. The Morgan fingerprint density at radius 2 is 2.32 bits per heavy atom. The Morgan fingerprint density at radius 1 is 1.58 bits per heavy atom. The molecule has 1 fully saturated rings. The monoisotopic (exact) mass is 282 g/mol. The van der Waals surface area contributed by atoms with Gasteiger partial charge in [0.05, 0.1) is 11.6 Å². The summed E-state index contributed by atoms with van der Waals surface area (Å²) in [6, 6.07) is 2.00. The van der Waals surface area contributed by atoms with Crippen molar-refractivity contribution in [2.45, 2.75) is 25.8 Å². The highest BCUT2D eigenvalue weighted by molar-refractivity contribution is 6.30. The summed E-state index contributed by atoms with van der Waals surface area (Å²) in [7, 11) is 5.89. The van der Waals surface area contributed by atoms with E-state index < -0.39 is 0 Å². The molecule has 0 spiro atoms. The Morgan fingerprint density at radius 3 is 2.84 bits per heavy atom. The molecule has 0 saturated heterocycles. The predicted octanol–water partition coefficient (Wildman–Crippen LogP) is 2.49. The van der Waals surface area contributed by atoms with Crippen LogP contribution < -0.4 is 5.32 Å². The molecule has 1 aliphatic rings. The van der Waals surface area contributed by atoms with Gasteiger partial charge in [0, 0.05) is 39.6 Å². The van der Waals surface area contributed by atoms with Gasteiger partial charge in [0.2, 0.25) is 0 Å². The number of hydrogen-bond donors (Lipinski definition) is 1. The molecule has 19 heavy (non-hydrogen) atoms. The summed E-state index contributed by atoms with van der Waals surface area (Å²) in [5.41, 5.74) is 1.18. The summed E-state index contributed by atoms with van der Waals surface area (Å²) < 4.78 is 2.05. The van der Waals surface area contributed by atoms with E-state index in [1.165, 1.54) is 25.0 Å². The van der Waals surface area contributed by atoms with Crippen molar-refractivity contribution in [3.05, 3.63) is 23.0 Å². The van der Waals surface area contributed by atoms with Gasteiger partial charge in [0.25, 0.3) is 0 Å². The lowest BCUT2D eigenvalue weighted by molar-refractivity contribution is 0.460. The largest absolute Gasteiger partial charge is 0.356 e. The number of hydrogen-bond acceptors (Lipinski definition) is 1. The molecule has 1 saturated carbocycles. The predicted molar refractivity (Wildman–Crippen MR) is 80.6 cm³/mol. The molecule has 0 amide bonds. The van der Waals surface area contributed by atoms with Gasteiger partial charge in [0.1, 0.15) is 0 Å². The minimum atomic E-state index is 0.780. The van der Waals surface area contributed by atoms with Gasteiger partial charge in [-0.1, -0.05) is 24.4 Å². The van der Waals surface area contributed by atoms with Crippen LogP contribution >= 0.6 is 11.6 Å². The van der Waals surface area contributed by atoms with Gasteiger partial charge in [0.15, 0.2) is 5.96 Å². The summed E-state index contributed by atoms with van der Waals surface area (Å²) in [5.74, 6) is 1.89. The van der Waals surface area contributed by atoms with Crippen molar-refractivity contribution in [2.24, 2.45) is 18.0 Å². The highest BCUT2D eigenvalue weighted by Crippen LogP contribution is 2.31. The molecule has 0 aromatic carbocycles. The number of nitrogens with one attached hydrogen (secondary N) is 1. The third-order valence-corrected chi connectivity index (χ3v) is 3.79. The smallest absolute Gasteiger partial charge is 0.193 e. The van der Waals surface area contributed by atoms with Gasteiger partial charge in [-0.15, -0.1) is 0 Å². The number of aliphatic imine (C=N–C) groups is 1. The summed E-state index contributed by atoms with van der Waals surface area (Å²) in [6.45, 7) is 1.81. The third-order valence-electron chi connectivity index (χ3n) is 3.58. The average Bonchev–Trinajstić information content (AvgIpc) is 3.12. The first-order valence-corrected chi connectivity index (χ1v) is 7.20. The fourth-order valence-corrected chi connectivity index (χ4v) is 2.49. The van der Waals surface area contributed by atoms with Crippen molar-refractivity contribution in [3.8, 4) is 0 Å². The van der Waals surface area contributed by atoms with Crippen molar-refractivity contribution in [1.29, 1.82) is 0 Å². The van der Waals surface area contributed by atoms with Crippen molar-refractivity contribution in [1.82, 2.24) is 14.8 Å². The molecule has 0 aliphatic heterocycles. The molecule has 106 valence electrons. The highest BCUT2D eigenvalue weighted by atomic mass is 35.5. The molecule has 0 atom stereocenters. The summed E-state index contributed by atoms with van der Waals surface area (Å²) in [6.07, 6.45) is 5.98. The number of aryl methyl sites for hydroxylation is 1. The van der Waals surface area contributed by atoms with E-state index in [9.17, 15) is 0 Å². The van der Waals surface area contributed by atoms with E-state index in [1.807, 2.05) is 33.4 Å². The number of rotatable bonds is 5. The Bertz CT molecular complexity index is 448. The van der Waals surface area contributed by atoms with E-state index in [2.05, 4.69) is 19.8 Å². The van der Waals surface area contributed by atoms with Gasteiger partial charge in [-0.25, -0.2) is 0 Å². The van der Waals surface area contributed by atoms with Gasteiger partial charge < -0.3 is 14.8 Å². The number of halogens is 1. The van der Waals surface area contributed by atoms with E-state index >= 15 is 0 Å². The molecule has 0 bridgehead atoms. The fraction of sp³-hybridized carbons (Fsp3) is 0.643. The minimum absolute atomic E-state index is 0.780. The lowest BCUT2D eigenvalue weighted by Gasteiger charge is -2.22. The van der Waals surface area contributed by atoms with Crippen LogP contribution in [0.15, 0.2) is 17.3 Å². The van der Waals surface area contributed by atoms with E-state index in [-0.39, 0.29) is 0 Å². The van der Waals surface area contributed by atoms with Crippen LogP contribution in [0, 0.1) is 5.92 Å². The van der Waals surface area contributed by atoms with Gasteiger partial charge >= 0.3 is 0 Å². The van der Waals surface area contributed by atoms with Crippen LogP contribution in [0.3, 0.4) is 0 Å². The molecule has 5 heteroatoms. The lowest BCUT2D eigenvalue weighted by atomic mass is 10.3. The van der Waals surface area contributed by atoms with Crippen LogP contribution in [-0.2, 0) is 13.6 Å². The first kappa shape index (κ1) is 14.3. The van der Waals surface area contributed by atoms with Crippen LogP contribution in [0.5, 0.6) is 0 Å². The van der Waals surface area contributed by atoms with Crippen molar-refractivity contribution < 1.29 is 0 Å². The van der Waals surface area contributed by atoms with Gasteiger partial charge in [-0.3, -0.25) is 4.99 Å². The highest BCUT2D eigenvalue weighted by Gasteiger charge is 2.20. The molecule has 1 N–H and O–H groups in total. The SMILES string of the molecule is CN=C(NCCC1CC1)N(C)Cc1cc(Cl)cn1C. The Labute approximate surface area is 120 Å². The van der Waals surface area contributed by atoms with Crippen molar-refractivity contribution >= 4 is 17.6 Å². The van der Waals surface area contributed by atoms with E-state index in [0.717, 1.165) is 30.0 Å². The molecule has 1 aromatic heterocycles. The Kier molecular flexibility index (Phi) is 4.75. The molecule has 1 aliphatic carbocycles. The second-order valence-electron chi connectivity index (χ2n) is 5.32. The van der Waals surface area contributed by atoms with Gasteiger partial charge in [-0.2, -0.15) is 0 Å². The molecular formula is C14H23ClN4. The maximum Gasteiger partial charge on any atom is 0.193 e. The van der Waals surface area contributed by atoms with Crippen molar-refractivity contribution in [2.75, 3.05) is 20.6 Å². The van der Waals surface area contributed by atoms with E-state index in [1.54, 1.807) is 0 Å². The minimum Gasteiger partial charge on any atom is -0.356 e. The van der Waals surface area contributed by atoms with E-state index in [4.69, 9.17) is 11.6 Å². The number of aromatic nitrogens is 1. The van der Waals surface area contributed by atoms with Crippen molar-refractivity contribution in [3.63, 3.8) is 0 Å². The van der Waals surface area contributed by atoms with Crippen LogP contribution in [0.2, 0.25) is 5.02 Å². The standard InChI is InChI=1S/C14H23ClN4/c1-16-14(17-7-6-11-4-5-11)19(3)10-13-8-12(15)9-18(13)2/h8-9,11H,4-7,10H2,1-3H3,(H,16,17). The molecule has 1 heterocycles. The van der Waals surface area contributed by atoms with Gasteiger partial charge in [-0.05, 0) is 18.4 Å². The summed E-state index contributed by atoms with van der Waals surface area (Å²) in [4.78, 5) is 6.45. The maximum absolute atomic E-state index is 6.00. The first-order valence-electron chi connectivity index (χ1n) is 6.82. The Hall–Kier alpha value is -1.16. The molecular weight excluding hydrogens is 260 g/mol. The lowest BCUT2D eigenvalue weighted by Crippen LogP contribution is -2.39. The van der Waals surface area contributed by atoms with Crippen LogP contribution in [0.25, 0.3) is 0 Å². The normalized spacial score (nSPS) is 15.7. The maximum atomic E-state index is 6.00. The van der Waals surface area contributed by atoms with Crippen LogP contribution in [-0.4, -0.2) is 36.1 Å². The number of guanidine groups is 1. The quantitative estimate of drug-likeness (QED) is 0.665. The molecule has 0 radical (unpaired) electrons. The Balaban J connectivity index is 1.85. The van der Waals surface area contributed by atoms with Crippen LogP contribution in [0.1, 0.15) is 25.0 Å². The van der Waals surface area contributed by atoms with Crippen LogP contribution in [0.4, 0.5) is 0 Å². The molecule has 4 nitrogen and oxygen atoms in total.